The van der Waals surface area contributed by atoms with Crippen molar-refractivity contribution in [2.45, 2.75) is 33.1 Å². The lowest BCUT2D eigenvalue weighted by Crippen LogP contribution is -2.31. The summed E-state index contributed by atoms with van der Waals surface area (Å²) in [6.45, 7) is 7.49. The molecule has 0 unspecified atom stereocenters. The summed E-state index contributed by atoms with van der Waals surface area (Å²) in [5, 5.41) is 6.15. The average Bonchev–Trinajstić information content (AvgIpc) is 2.72. The molecular formula is C20H28N6O2. The zero-order valence-electron chi connectivity index (χ0n) is 16.6. The molecule has 1 saturated heterocycles. The van der Waals surface area contributed by atoms with E-state index in [1.54, 1.807) is 12.1 Å². The molecule has 3 rings (SSSR count). The molecule has 1 fully saturated rings. The molecule has 2 aromatic rings. The van der Waals surface area contributed by atoms with E-state index < -0.39 is 0 Å². The SMILES string of the molecule is CCOc1ccc(C(=O)NCCNc2cc(N3CCCCC3)nc(C)n2)cn1. The smallest absolute Gasteiger partial charge is 0.252 e. The molecule has 1 aliphatic rings. The first kappa shape index (κ1) is 19.9. The van der Waals surface area contributed by atoms with Crippen LogP contribution in [0.1, 0.15) is 42.4 Å². The monoisotopic (exact) mass is 384 g/mol. The minimum atomic E-state index is -0.162. The van der Waals surface area contributed by atoms with Crippen LogP contribution in [0, 0.1) is 6.92 Å². The maximum Gasteiger partial charge on any atom is 0.252 e. The summed E-state index contributed by atoms with van der Waals surface area (Å²) in [5.41, 5.74) is 0.508. The van der Waals surface area contributed by atoms with Gasteiger partial charge in [0.2, 0.25) is 5.88 Å². The van der Waals surface area contributed by atoms with Crippen molar-refractivity contribution in [3.8, 4) is 5.88 Å². The van der Waals surface area contributed by atoms with E-state index in [1.807, 2.05) is 19.9 Å². The molecule has 3 heterocycles. The first-order valence-electron chi connectivity index (χ1n) is 9.87. The van der Waals surface area contributed by atoms with Gasteiger partial charge in [0.15, 0.2) is 0 Å². The van der Waals surface area contributed by atoms with Crippen LogP contribution in [0.3, 0.4) is 0 Å². The number of amides is 1. The summed E-state index contributed by atoms with van der Waals surface area (Å²) in [4.78, 5) is 27.6. The Labute approximate surface area is 165 Å². The molecule has 1 aliphatic heterocycles. The lowest BCUT2D eigenvalue weighted by atomic mass is 10.1. The molecule has 150 valence electrons. The van der Waals surface area contributed by atoms with Crippen LogP contribution in [0.4, 0.5) is 11.6 Å². The van der Waals surface area contributed by atoms with E-state index in [0.717, 1.165) is 30.5 Å². The number of pyridine rings is 1. The molecule has 28 heavy (non-hydrogen) atoms. The molecule has 0 aliphatic carbocycles. The topological polar surface area (TPSA) is 92.3 Å². The highest BCUT2D eigenvalue weighted by atomic mass is 16.5. The largest absolute Gasteiger partial charge is 0.478 e. The van der Waals surface area contributed by atoms with Crippen molar-refractivity contribution in [1.82, 2.24) is 20.3 Å². The van der Waals surface area contributed by atoms with Gasteiger partial charge in [0, 0.05) is 44.5 Å². The number of ether oxygens (including phenoxy) is 1. The molecule has 2 N–H and O–H groups in total. The van der Waals surface area contributed by atoms with Gasteiger partial charge in [-0.2, -0.15) is 0 Å². The van der Waals surface area contributed by atoms with Crippen molar-refractivity contribution < 1.29 is 9.53 Å². The number of aromatic nitrogens is 3. The number of aryl methyl sites for hydroxylation is 1. The van der Waals surface area contributed by atoms with Crippen LogP contribution in [-0.2, 0) is 0 Å². The minimum Gasteiger partial charge on any atom is -0.478 e. The van der Waals surface area contributed by atoms with E-state index in [2.05, 4.69) is 30.5 Å². The summed E-state index contributed by atoms with van der Waals surface area (Å²) in [6.07, 6.45) is 5.22. The molecule has 8 heteroatoms. The average molecular weight is 384 g/mol. The van der Waals surface area contributed by atoms with E-state index in [9.17, 15) is 4.79 Å². The van der Waals surface area contributed by atoms with Crippen LogP contribution in [0.2, 0.25) is 0 Å². The van der Waals surface area contributed by atoms with Gasteiger partial charge in [0.1, 0.15) is 17.5 Å². The van der Waals surface area contributed by atoms with Crippen molar-refractivity contribution in [2.75, 3.05) is 43.0 Å². The van der Waals surface area contributed by atoms with Gasteiger partial charge in [0.05, 0.1) is 12.2 Å². The van der Waals surface area contributed by atoms with Crippen molar-refractivity contribution in [3.63, 3.8) is 0 Å². The van der Waals surface area contributed by atoms with E-state index in [0.29, 0.717) is 31.1 Å². The molecule has 0 bridgehead atoms. The quantitative estimate of drug-likeness (QED) is 0.675. The molecule has 0 saturated carbocycles. The van der Waals surface area contributed by atoms with Gasteiger partial charge >= 0.3 is 0 Å². The van der Waals surface area contributed by atoms with Crippen molar-refractivity contribution >= 4 is 17.5 Å². The van der Waals surface area contributed by atoms with Crippen LogP contribution in [-0.4, -0.2) is 53.6 Å². The Kier molecular flexibility index (Phi) is 7.00. The number of hydrogen-bond acceptors (Lipinski definition) is 7. The number of carbonyl (C=O) groups is 1. The van der Waals surface area contributed by atoms with Crippen LogP contribution in [0.25, 0.3) is 0 Å². The van der Waals surface area contributed by atoms with Gasteiger partial charge in [-0.25, -0.2) is 15.0 Å². The Morgan fingerprint density at radius 2 is 2.00 bits per heavy atom. The first-order chi connectivity index (χ1) is 13.7. The Hall–Kier alpha value is -2.90. The maximum absolute atomic E-state index is 12.2. The maximum atomic E-state index is 12.2. The Balaban J connectivity index is 1.48. The second-order valence-electron chi connectivity index (χ2n) is 6.71. The summed E-state index contributed by atoms with van der Waals surface area (Å²) in [7, 11) is 0. The highest BCUT2D eigenvalue weighted by molar-refractivity contribution is 5.93. The first-order valence-corrected chi connectivity index (χ1v) is 9.87. The molecule has 0 aromatic carbocycles. The van der Waals surface area contributed by atoms with Crippen molar-refractivity contribution in [3.05, 3.63) is 35.8 Å². The van der Waals surface area contributed by atoms with Crippen LogP contribution in [0.15, 0.2) is 24.4 Å². The fourth-order valence-electron chi connectivity index (χ4n) is 3.14. The molecule has 0 spiro atoms. The summed E-state index contributed by atoms with van der Waals surface area (Å²) < 4.78 is 5.28. The van der Waals surface area contributed by atoms with Gasteiger partial charge in [0.25, 0.3) is 5.91 Å². The zero-order valence-corrected chi connectivity index (χ0v) is 16.6. The van der Waals surface area contributed by atoms with E-state index in [4.69, 9.17) is 4.74 Å². The van der Waals surface area contributed by atoms with Gasteiger partial charge in [-0.15, -0.1) is 0 Å². The molecule has 2 aromatic heterocycles. The predicted octanol–water partition coefficient (Wildman–Crippen LogP) is 2.41. The fraction of sp³-hybridized carbons (Fsp3) is 0.500. The third kappa shape index (κ3) is 5.55. The molecular weight excluding hydrogens is 356 g/mol. The standard InChI is InChI=1S/C20H28N6O2/c1-3-28-19-8-7-16(14-23-19)20(27)22-10-9-21-17-13-18(25-15(2)24-17)26-11-5-4-6-12-26/h7-8,13-14H,3-6,9-12H2,1-2H3,(H,22,27)(H,21,24,25). The third-order valence-electron chi connectivity index (χ3n) is 4.51. The summed E-state index contributed by atoms with van der Waals surface area (Å²) in [6, 6.07) is 5.39. The van der Waals surface area contributed by atoms with Crippen LogP contribution < -0.4 is 20.3 Å². The molecule has 1 amide bonds. The van der Waals surface area contributed by atoms with Gasteiger partial charge in [-0.05, 0) is 39.2 Å². The van der Waals surface area contributed by atoms with Gasteiger partial charge in [-0.3, -0.25) is 4.79 Å². The highest BCUT2D eigenvalue weighted by Gasteiger charge is 2.14. The number of rotatable bonds is 8. The molecule has 0 radical (unpaired) electrons. The molecule has 0 atom stereocenters. The second-order valence-corrected chi connectivity index (χ2v) is 6.71. The highest BCUT2D eigenvalue weighted by Crippen LogP contribution is 2.20. The van der Waals surface area contributed by atoms with E-state index in [-0.39, 0.29) is 5.91 Å². The zero-order chi connectivity index (χ0) is 19.8. The number of hydrogen-bond donors (Lipinski definition) is 2. The number of carbonyl (C=O) groups excluding carboxylic acids is 1. The van der Waals surface area contributed by atoms with E-state index >= 15 is 0 Å². The number of piperidine rings is 1. The fourth-order valence-corrected chi connectivity index (χ4v) is 3.14. The minimum absolute atomic E-state index is 0.162. The van der Waals surface area contributed by atoms with Gasteiger partial charge in [-0.1, -0.05) is 0 Å². The Bertz CT molecular complexity index is 775. The Morgan fingerprint density at radius 1 is 1.18 bits per heavy atom. The van der Waals surface area contributed by atoms with Gasteiger partial charge < -0.3 is 20.3 Å². The van der Waals surface area contributed by atoms with Crippen LogP contribution >= 0.6 is 0 Å². The Morgan fingerprint density at radius 3 is 2.71 bits per heavy atom. The lowest BCUT2D eigenvalue weighted by molar-refractivity contribution is 0.0954. The van der Waals surface area contributed by atoms with E-state index in [1.165, 1.54) is 25.5 Å². The number of anilines is 2. The van der Waals surface area contributed by atoms with Crippen molar-refractivity contribution in [2.24, 2.45) is 0 Å². The predicted molar refractivity (Wildman–Crippen MR) is 109 cm³/mol. The number of nitrogens with zero attached hydrogens (tertiary/aromatic N) is 4. The number of nitrogens with one attached hydrogen (secondary N) is 2. The summed E-state index contributed by atoms with van der Waals surface area (Å²) >= 11 is 0. The summed E-state index contributed by atoms with van der Waals surface area (Å²) in [5.74, 6) is 2.86. The lowest BCUT2D eigenvalue weighted by Gasteiger charge is -2.28. The van der Waals surface area contributed by atoms with Crippen molar-refractivity contribution in [1.29, 1.82) is 0 Å². The third-order valence-corrected chi connectivity index (χ3v) is 4.51. The second kappa shape index (κ2) is 9.87. The molecule has 8 nitrogen and oxygen atoms in total. The van der Waals surface area contributed by atoms with Crippen LogP contribution in [0.5, 0.6) is 5.88 Å². The normalized spacial score (nSPS) is 13.9.